The van der Waals surface area contributed by atoms with E-state index in [4.69, 9.17) is 0 Å². The predicted octanol–water partition coefficient (Wildman–Crippen LogP) is 14.4. The van der Waals surface area contributed by atoms with Crippen LogP contribution < -0.4 is 4.90 Å². The molecule has 1 aliphatic rings. The van der Waals surface area contributed by atoms with Gasteiger partial charge in [0.05, 0.1) is 16.7 Å². The predicted molar refractivity (Wildman–Crippen MR) is 225 cm³/mol. The molecule has 53 heavy (non-hydrogen) atoms. The van der Waals surface area contributed by atoms with Crippen LogP contribution in [0, 0.1) is 0 Å². The highest BCUT2D eigenvalue weighted by molar-refractivity contribution is 7.99. The second-order valence-corrected chi connectivity index (χ2v) is 14.8. The standard InChI is InChI=1S/C50H32N2S/c1-2-12-37-32-40(31-22-33(37)10-1)51(38-27-23-35(24-28-38)42-15-7-13-34-11-3-4-14-41(34)42)39-29-25-36(26-30-39)43-16-8-19-46-49(43)44-17-9-21-48-50(44)52(46)45-18-5-6-20-47(45)53-48/h1-32H. The zero-order valence-electron chi connectivity index (χ0n) is 28.8. The van der Waals surface area contributed by atoms with Gasteiger partial charge in [-0.1, -0.05) is 145 Å². The van der Waals surface area contributed by atoms with E-state index < -0.39 is 0 Å². The Morgan fingerprint density at radius 1 is 0.396 bits per heavy atom. The summed E-state index contributed by atoms with van der Waals surface area (Å²) < 4.78 is 2.47. The Balaban J connectivity index is 1.04. The van der Waals surface area contributed by atoms with Gasteiger partial charge in [-0.15, -0.1) is 0 Å². The Morgan fingerprint density at radius 2 is 0.981 bits per heavy atom. The van der Waals surface area contributed by atoms with E-state index >= 15 is 0 Å². The van der Waals surface area contributed by atoms with Gasteiger partial charge in [-0.3, -0.25) is 0 Å². The SMILES string of the molecule is c1ccc2c(c1)Sc1cccc3c4c(-c5ccc(N(c6ccc(-c7cccc8ccccc78)cc6)c6ccc7ccccc7c6)cc5)cccc4n-2c13. The maximum atomic E-state index is 2.47. The van der Waals surface area contributed by atoms with Gasteiger partial charge in [0, 0.05) is 37.6 Å². The van der Waals surface area contributed by atoms with Gasteiger partial charge in [0.1, 0.15) is 0 Å². The van der Waals surface area contributed by atoms with E-state index in [9.17, 15) is 0 Å². The minimum atomic E-state index is 1.11. The van der Waals surface area contributed by atoms with Crippen LogP contribution in [0.25, 0.3) is 71.3 Å². The first kappa shape index (κ1) is 30.1. The molecule has 0 radical (unpaired) electrons. The van der Waals surface area contributed by atoms with Crippen molar-refractivity contribution >= 4 is 72.2 Å². The topological polar surface area (TPSA) is 8.17 Å². The number of aromatic nitrogens is 1. The molecular formula is C50H32N2S. The molecule has 1 aromatic heterocycles. The van der Waals surface area contributed by atoms with Gasteiger partial charge in [-0.2, -0.15) is 0 Å². The van der Waals surface area contributed by atoms with Crippen LogP contribution in [0.1, 0.15) is 0 Å². The maximum absolute atomic E-state index is 2.47. The molecule has 0 saturated heterocycles. The van der Waals surface area contributed by atoms with Crippen molar-refractivity contribution in [3.63, 3.8) is 0 Å². The number of rotatable bonds is 5. The smallest absolute Gasteiger partial charge is 0.0681 e. The molecular weight excluding hydrogens is 661 g/mol. The van der Waals surface area contributed by atoms with Crippen LogP contribution in [0.4, 0.5) is 17.1 Å². The van der Waals surface area contributed by atoms with Crippen LogP contribution in [-0.4, -0.2) is 4.57 Å². The lowest BCUT2D eigenvalue weighted by atomic mass is 9.97. The Kier molecular flexibility index (Phi) is 6.83. The summed E-state index contributed by atoms with van der Waals surface area (Å²) in [5.41, 5.74) is 12.0. The number of para-hydroxylation sites is 2. The first-order valence-corrected chi connectivity index (χ1v) is 18.9. The molecule has 1 aliphatic heterocycles. The third kappa shape index (κ3) is 4.82. The minimum absolute atomic E-state index is 1.11. The molecule has 2 heterocycles. The van der Waals surface area contributed by atoms with E-state index in [1.807, 2.05) is 11.8 Å². The summed E-state index contributed by atoms with van der Waals surface area (Å²) in [4.78, 5) is 4.97. The van der Waals surface area contributed by atoms with E-state index in [1.165, 1.54) is 81.1 Å². The summed E-state index contributed by atoms with van der Waals surface area (Å²) in [5.74, 6) is 0. The molecule has 0 bridgehead atoms. The number of hydrogen-bond donors (Lipinski definition) is 0. The molecule has 0 unspecified atom stereocenters. The average Bonchev–Trinajstić information content (AvgIpc) is 3.57. The van der Waals surface area contributed by atoms with Gasteiger partial charge in [0.25, 0.3) is 0 Å². The Hall–Kier alpha value is -6.55. The molecule has 0 aliphatic carbocycles. The first-order valence-electron chi connectivity index (χ1n) is 18.1. The first-order chi connectivity index (χ1) is 26.3. The van der Waals surface area contributed by atoms with Gasteiger partial charge in [-0.25, -0.2) is 0 Å². The van der Waals surface area contributed by atoms with Gasteiger partial charge >= 0.3 is 0 Å². The third-order valence-electron chi connectivity index (χ3n) is 10.8. The highest BCUT2D eigenvalue weighted by Gasteiger charge is 2.24. The van der Waals surface area contributed by atoms with Gasteiger partial charge < -0.3 is 9.47 Å². The van der Waals surface area contributed by atoms with Crippen LogP contribution in [0.3, 0.4) is 0 Å². The molecule has 0 spiro atoms. The van der Waals surface area contributed by atoms with Crippen molar-refractivity contribution in [2.24, 2.45) is 0 Å². The summed E-state index contributed by atoms with van der Waals surface area (Å²) in [6.07, 6.45) is 0. The fourth-order valence-corrected chi connectivity index (χ4v) is 9.42. The Bertz CT molecular complexity index is 3020. The molecule has 2 nitrogen and oxygen atoms in total. The summed E-state index contributed by atoms with van der Waals surface area (Å²) >= 11 is 1.87. The molecule has 0 N–H and O–H groups in total. The van der Waals surface area contributed by atoms with Crippen molar-refractivity contribution in [3.8, 4) is 27.9 Å². The Labute approximate surface area is 312 Å². The van der Waals surface area contributed by atoms with Crippen molar-refractivity contribution in [1.82, 2.24) is 4.57 Å². The summed E-state index contributed by atoms with van der Waals surface area (Å²) in [6, 6.07) is 70.9. The fourth-order valence-electron chi connectivity index (χ4n) is 8.32. The van der Waals surface area contributed by atoms with Gasteiger partial charge in [-0.05, 0) is 104 Å². The zero-order valence-corrected chi connectivity index (χ0v) is 29.6. The van der Waals surface area contributed by atoms with Crippen molar-refractivity contribution in [1.29, 1.82) is 0 Å². The molecule has 11 rings (SSSR count). The summed E-state index contributed by atoms with van der Waals surface area (Å²) in [6.45, 7) is 0. The van der Waals surface area contributed by atoms with E-state index in [2.05, 4.69) is 204 Å². The fraction of sp³-hybridized carbons (Fsp3) is 0. The molecule has 0 amide bonds. The van der Waals surface area contributed by atoms with Crippen LogP contribution >= 0.6 is 11.8 Å². The van der Waals surface area contributed by atoms with Crippen LogP contribution in [0.5, 0.6) is 0 Å². The largest absolute Gasteiger partial charge is 0.310 e. The minimum Gasteiger partial charge on any atom is -0.310 e. The lowest BCUT2D eigenvalue weighted by Crippen LogP contribution is -2.09. The lowest BCUT2D eigenvalue weighted by molar-refractivity contribution is 1.09. The lowest BCUT2D eigenvalue weighted by Gasteiger charge is -2.26. The van der Waals surface area contributed by atoms with Crippen molar-refractivity contribution in [2.45, 2.75) is 9.79 Å². The third-order valence-corrected chi connectivity index (χ3v) is 11.9. The normalized spacial score (nSPS) is 12.1. The molecule has 10 aromatic rings. The van der Waals surface area contributed by atoms with Gasteiger partial charge in [0.15, 0.2) is 0 Å². The molecule has 248 valence electrons. The number of anilines is 3. The van der Waals surface area contributed by atoms with Crippen LogP contribution in [-0.2, 0) is 0 Å². The average molecular weight is 693 g/mol. The van der Waals surface area contributed by atoms with Crippen molar-refractivity contribution < 1.29 is 0 Å². The van der Waals surface area contributed by atoms with Crippen LogP contribution in [0.15, 0.2) is 204 Å². The quantitative estimate of drug-likeness (QED) is 0.177. The molecule has 3 heteroatoms. The number of fused-ring (bicyclic) bond motifs is 7. The molecule has 0 atom stereocenters. The molecule has 0 fully saturated rings. The maximum Gasteiger partial charge on any atom is 0.0681 e. The van der Waals surface area contributed by atoms with Crippen LogP contribution in [0.2, 0.25) is 0 Å². The second-order valence-electron chi connectivity index (χ2n) is 13.7. The second kappa shape index (κ2) is 12.0. The monoisotopic (exact) mass is 692 g/mol. The highest BCUT2D eigenvalue weighted by Crippen LogP contribution is 2.48. The van der Waals surface area contributed by atoms with E-state index in [-0.39, 0.29) is 0 Å². The van der Waals surface area contributed by atoms with Crippen molar-refractivity contribution in [3.05, 3.63) is 194 Å². The number of hydrogen-bond acceptors (Lipinski definition) is 2. The Morgan fingerprint density at radius 3 is 1.81 bits per heavy atom. The van der Waals surface area contributed by atoms with Crippen molar-refractivity contribution in [2.75, 3.05) is 4.90 Å². The summed E-state index contributed by atoms with van der Waals surface area (Å²) in [7, 11) is 0. The van der Waals surface area contributed by atoms with Gasteiger partial charge in [0.2, 0.25) is 0 Å². The van der Waals surface area contributed by atoms with E-state index in [0.717, 1.165) is 17.1 Å². The molecule has 0 saturated carbocycles. The van der Waals surface area contributed by atoms with E-state index in [1.54, 1.807) is 0 Å². The zero-order chi connectivity index (χ0) is 34.9. The highest BCUT2D eigenvalue weighted by atomic mass is 32.2. The molecule has 9 aromatic carbocycles. The number of benzene rings is 9. The summed E-state index contributed by atoms with van der Waals surface area (Å²) in [5, 5.41) is 7.57. The number of nitrogens with zero attached hydrogens (tertiary/aromatic N) is 2. The van der Waals surface area contributed by atoms with E-state index in [0.29, 0.717) is 0 Å².